The molecule has 0 aliphatic heterocycles. The van der Waals surface area contributed by atoms with Gasteiger partial charge in [-0.25, -0.2) is 0 Å². The third-order valence-electron chi connectivity index (χ3n) is 1.54. The fraction of sp³-hybridized carbons (Fsp3) is 0.462. The van der Waals surface area contributed by atoms with Crippen molar-refractivity contribution in [3.05, 3.63) is 30.1 Å². The van der Waals surface area contributed by atoms with E-state index in [1.54, 1.807) is 6.20 Å². The highest BCUT2D eigenvalue weighted by Gasteiger charge is 1.81. The van der Waals surface area contributed by atoms with E-state index in [4.69, 9.17) is 4.79 Å². The SMILES string of the molecule is CC=O.CCCC=O.CCc1cccnc1. The summed E-state index contributed by atoms with van der Waals surface area (Å²) < 4.78 is 0. The molecule has 0 aromatic carbocycles. The van der Waals surface area contributed by atoms with Gasteiger partial charge in [0, 0.05) is 18.8 Å². The van der Waals surface area contributed by atoms with Crippen molar-refractivity contribution >= 4 is 12.6 Å². The van der Waals surface area contributed by atoms with Crippen LogP contribution in [-0.2, 0) is 16.0 Å². The number of aldehydes is 2. The number of aryl methyl sites for hydroxylation is 1. The number of carbonyl (C=O) groups excluding carboxylic acids is 2. The van der Waals surface area contributed by atoms with Crippen LogP contribution in [-0.4, -0.2) is 17.6 Å². The molecule has 1 aromatic rings. The van der Waals surface area contributed by atoms with Gasteiger partial charge in [0.2, 0.25) is 0 Å². The van der Waals surface area contributed by atoms with Crippen LogP contribution in [0.4, 0.5) is 0 Å². The van der Waals surface area contributed by atoms with Gasteiger partial charge in [-0.2, -0.15) is 0 Å². The lowest BCUT2D eigenvalue weighted by Crippen LogP contribution is -1.77. The number of carbonyl (C=O) groups is 2. The summed E-state index contributed by atoms with van der Waals surface area (Å²) >= 11 is 0. The van der Waals surface area contributed by atoms with E-state index in [1.165, 1.54) is 12.5 Å². The monoisotopic (exact) mass is 223 g/mol. The van der Waals surface area contributed by atoms with Gasteiger partial charge in [0.15, 0.2) is 0 Å². The summed E-state index contributed by atoms with van der Waals surface area (Å²) in [5, 5.41) is 0. The maximum atomic E-state index is 9.40. The Balaban J connectivity index is 0. The Morgan fingerprint density at radius 1 is 1.31 bits per heavy atom. The topological polar surface area (TPSA) is 47.0 Å². The highest BCUT2D eigenvalue weighted by atomic mass is 16.1. The predicted octanol–water partition coefficient (Wildman–Crippen LogP) is 2.83. The van der Waals surface area contributed by atoms with Crippen LogP contribution >= 0.6 is 0 Å². The lowest BCUT2D eigenvalue weighted by molar-refractivity contribution is -0.108. The van der Waals surface area contributed by atoms with Crippen LogP contribution in [0.15, 0.2) is 24.5 Å². The third-order valence-corrected chi connectivity index (χ3v) is 1.54. The molecule has 1 heterocycles. The Morgan fingerprint density at radius 2 is 1.94 bits per heavy atom. The normalized spacial score (nSPS) is 7.69. The maximum absolute atomic E-state index is 9.40. The lowest BCUT2D eigenvalue weighted by Gasteiger charge is -1.88. The van der Waals surface area contributed by atoms with E-state index >= 15 is 0 Å². The molecule has 0 fully saturated rings. The molecule has 1 aromatic heterocycles. The molecule has 0 unspecified atom stereocenters. The van der Waals surface area contributed by atoms with E-state index < -0.39 is 0 Å². The number of hydrogen-bond acceptors (Lipinski definition) is 3. The average molecular weight is 223 g/mol. The number of aromatic nitrogens is 1. The summed E-state index contributed by atoms with van der Waals surface area (Å²) in [5.74, 6) is 0. The van der Waals surface area contributed by atoms with Crippen LogP contribution in [0.5, 0.6) is 0 Å². The van der Waals surface area contributed by atoms with E-state index in [2.05, 4.69) is 18.0 Å². The summed E-state index contributed by atoms with van der Waals surface area (Å²) in [5.41, 5.74) is 1.30. The first-order chi connectivity index (χ1) is 7.76. The van der Waals surface area contributed by atoms with Crippen molar-refractivity contribution < 1.29 is 9.59 Å². The van der Waals surface area contributed by atoms with Gasteiger partial charge in [0.05, 0.1) is 0 Å². The first kappa shape index (κ1) is 16.9. The molecular formula is C13H21NO2. The van der Waals surface area contributed by atoms with Crippen molar-refractivity contribution in [3.8, 4) is 0 Å². The zero-order valence-electron chi connectivity index (χ0n) is 10.3. The number of rotatable bonds is 3. The second kappa shape index (κ2) is 15.9. The zero-order valence-corrected chi connectivity index (χ0v) is 10.3. The smallest absolute Gasteiger partial charge is 0.119 e. The van der Waals surface area contributed by atoms with E-state index in [1.807, 2.05) is 19.2 Å². The van der Waals surface area contributed by atoms with Gasteiger partial charge < -0.3 is 9.59 Å². The Morgan fingerprint density at radius 3 is 2.12 bits per heavy atom. The number of unbranched alkanes of at least 4 members (excludes halogenated alkanes) is 1. The fourth-order valence-electron chi connectivity index (χ4n) is 0.725. The maximum Gasteiger partial charge on any atom is 0.119 e. The highest BCUT2D eigenvalue weighted by Crippen LogP contribution is 1.93. The van der Waals surface area contributed by atoms with Crippen molar-refractivity contribution in [2.45, 2.75) is 40.0 Å². The lowest BCUT2D eigenvalue weighted by atomic mass is 10.2. The molecule has 0 amide bonds. The minimum Gasteiger partial charge on any atom is -0.304 e. The first-order valence-electron chi connectivity index (χ1n) is 5.49. The summed E-state index contributed by atoms with van der Waals surface area (Å²) in [6.07, 6.45) is 8.12. The average Bonchev–Trinajstić information content (AvgIpc) is 2.33. The molecule has 0 spiro atoms. The van der Waals surface area contributed by atoms with Gasteiger partial charge in [-0.3, -0.25) is 4.98 Å². The molecule has 0 aliphatic carbocycles. The summed E-state index contributed by atoms with van der Waals surface area (Å²) in [6, 6.07) is 4.03. The quantitative estimate of drug-likeness (QED) is 0.740. The molecule has 0 saturated carbocycles. The first-order valence-corrected chi connectivity index (χ1v) is 5.49. The van der Waals surface area contributed by atoms with E-state index in [-0.39, 0.29) is 0 Å². The van der Waals surface area contributed by atoms with Crippen LogP contribution in [0.1, 0.15) is 39.2 Å². The molecule has 1 rings (SSSR count). The van der Waals surface area contributed by atoms with E-state index in [0.29, 0.717) is 6.42 Å². The second-order valence-electron chi connectivity index (χ2n) is 2.91. The number of hydrogen-bond donors (Lipinski definition) is 0. The van der Waals surface area contributed by atoms with Crippen molar-refractivity contribution in [2.75, 3.05) is 0 Å². The van der Waals surface area contributed by atoms with Crippen LogP contribution in [0.2, 0.25) is 0 Å². The number of nitrogens with zero attached hydrogens (tertiary/aromatic N) is 1. The third kappa shape index (κ3) is 15.0. The van der Waals surface area contributed by atoms with Crippen molar-refractivity contribution in [1.29, 1.82) is 0 Å². The van der Waals surface area contributed by atoms with Gasteiger partial charge in [-0.1, -0.05) is 19.9 Å². The molecule has 0 aliphatic rings. The molecule has 0 saturated heterocycles. The molecule has 16 heavy (non-hydrogen) atoms. The van der Waals surface area contributed by atoms with E-state index in [9.17, 15) is 4.79 Å². The predicted molar refractivity (Wildman–Crippen MR) is 66.3 cm³/mol. The van der Waals surface area contributed by atoms with Crippen LogP contribution in [0, 0.1) is 0 Å². The molecule has 3 heteroatoms. The van der Waals surface area contributed by atoms with Gasteiger partial charge in [0.1, 0.15) is 12.6 Å². The Bertz CT molecular complexity index is 247. The minimum absolute atomic E-state index is 0.708. The Kier molecular flexibility index (Phi) is 16.8. The minimum atomic E-state index is 0.708. The number of pyridine rings is 1. The Labute approximate surface area is 97.9 Å². The molecular weight excluding hydrogens is 202 g/mol. The van der Waals surface area contributed by atoms with Crippen LogP contribution in [0.3, 0.4) is 0 Å². The van der Waals surface area contributed by atoms with Gasteiger partial charge in [0.25, 0.3) is 0 Å². The fourth-order valence-corrected chi connectivity index (χ4v) is 0.725. The molecule has 0 N–H and O–H groups in total. The zero-order chi connectivity index (χ0) is 12.6. The molecule has 90 valence electrons. The molecule has 0 radical (unpaired) electrons. The summed E-state index contributed by atoms with van der Waals surface area (Å²) in [4.78, 5) is 22.2. The second-order valence-corrected chi connectivity index (χ2v) is 2.91. The van der Waals surface area contributed by atoms with Gasteiger partial charge >= 0.3 is 0 Å². The molecule has 3 nitrogen and oxygen atoms in total. The molecule has 0 bridgehead atoms. The van der Waals surface area contributed by atoms with Gasteiger partial charge in [-0.15, -0.1) is 0 Å². The van der Waals surface area contributed by atoms with Crippen LogP contribution < -0.4 is 0 Å². The standard InChI is InChI=1S/C7H9N.C4H8O.C2H4O/c1-2-7-4-3-5-8-6-7;1-2-3-4-5;1-2-3/h3-6H,2H2,1H3;4H,2-3H2,1H3;2H,1H3. The van der Waals surface area contributed by atoms with Gasteiger partial charge in [-0.05, 0) is 31.4 Å². The largest absolute Gasteiger partial charge is 0.304 e. The summed E-state index contributed by atoms with van der Waals surface area (Å²) in [6.45, 7) is 5.55. The Hall–Kier alpha value is -1.51. The molecule has 0 atom stereocenters. The van der Waals surface area contributed by atoms with Crippen molar-refractivity contribution in [3.63, 3.8) is 0 Å². The van der Waals surface area contributed by atoms with Crippen LogP contribution in [0.25, 0.3) is 0 Å². The van der Waals surface area contributed by atoms with Crippen molar-refractivity contribution in [2.24, 2.45) is 0 Å². The van der Waals surface area contributed by atoms with Crippen molar-refractivity contribution in [1.82, 2.24) is 4.98 Å². The highest BCUT2D eigenvalue weighted by molar-refractivity contribution is 5.48. The van der Waals surface area contributed by atoms with E-state index in [0.717, 1.165) is 25.4 Å². The summed E-state index contributed by atoms with van der Waals surface area (Å²) in [7, 11) is 0.